The predicted molar refractivity (Wildman–Crippen MR) is 78.6 cm³/mol. The second-order valence-corrected chi connectivity index (χ2v) is 5.39. The molecule has 0 spiro atoms. The molecule has 0 bridgehead atoms. The summed E-state index contributed by atoms with van der Waals surface area (Å²) in [5.74, 6) is 1.79. The highest BCUT2D eigenvalue weighted by Crippen LogP contribution is 2.37. The highest BCUT2D eigenvalue weighted by molar-refractivity contribution is 9.11. The number of rotatable bonds is 4. The number of methoxy groups -OCH3 is 1. The third kappa shape index (κ3) is 3.46. The first-order chi connectivity index (χ1) is 9.13. The molecular weight excluding hydrogens is 378 g/mol. The van der Waals surface area contributed by atoms with Gasteiger partial charge in [0.15, 0.2) is 0 Å². The van der Waals surface area contributed by atoms with Crippen molar-refractivity contribution in [3.8, 4) is 17.4 Å². The number of hydrogen-bond acceptors (Lipinski definition) is 4. The molecule has 1 aromatic carbocycles. The summed E-state index contributed by atoms with van der Waals surface area (Å²) in [6, 6.07) is 7.07. The molecule has 0 unspecified atom stereocenters. The maximum atomic E-state index is 8.95. The highest BCUT2D eigenvalue weighted by atomic mass is 79.9. The van der Waals surface area contributed by atoms with Crippen LogP contribution in [0, 0.1) is 0 Å². The number of ether oxygens (including phenoxy) is 2. The molecule has 1 N–H and O–H groups in total. The summed E-state index contributed by atoms with van der Waals surface area (Å²) >= 11 is 6.81. The van der Waals surface area contributed by atoms with Crippen LogP contribution in [0.25, 0.3) is 0 Å². The maximum Gasteiger partial charge on any atom is 0.219 e. The molecule has 0 aliphatic heterocycles. The van der Waals surface area contributed by atoms with Gasteiger partial charge in [0.05, 0.1) is 22.7 Å². The van der Waals surface area contributed by atoms with Crippen molar-refractivity contribution in [2.75, 3.05) is 7.11 Å². The van der Waals surface area contributed by atoms with Crippen molar-refractivity contribution < 1.29 is 14.6 Å². The third-order valence-corrected chi connectivity index (χ3v) is 3.64. The zero-order valence-corrected chi connectivity index (χ0v) is 13.2. The lowest BCUT2D eigenvalue weighted by Crippen LogP contribution is -1.92. The van der Waals surface area contributed by atoms with E-state index in [-0.39, 0.29) is 6.61 Å². The summed E-state index contributed by atoms with van der Waals surface area (Å²) in [6.45, 7) is -0.0366. The van der Waals surface area contributed by atoms with E-state index in [1.165, 1.54) is 0 Å². The standard InChI is InChI=1S/C13H11Br2NO3/c1-18-11-4-10(15)12(5-9(11)14)19-13-3-2-8(7-17)6-16-13/h2-6,17H,7H2,1H3. The zero-order chi connectivity index (χ0) is 13.8. The number of nitrogens with zero attached hydrogens (tertiary/aromatic N) is 1. The van der Waals surface area contributed by atoms with E-state index in [0.717, 1.165) is 14.5 Å². The molecule has 0 saturated heterocycles. The minimum atomic E-state index is -0.0366. The number of aliphatic hydroxyl groups is 1. The first-order valence-electron chi connectivity index (χ1n) is 5.40. The molecule has 0 aliphatic carbocycles. The van der Waals surface area contributed by atoms with Gasteiger partial charge in [0.2, 0.25) is 5.88 Å². The van der Waals surface area contributed by atoms with E-state index in [2.05, 4.69) is 36.8 Å². The minimum Gasteiger partial charge on any atom is -0.496 e. The molecule has 6 heteroatoms. The molecule has 0 fully saturated rings. The van der Waals surface area contributed by atoms with Crippen LogP contribution in [-0.4, -0.2) is 17.2 Å². The molecule has 100 valence electrons. The van der Waals surface area contributed by atoms with Crippen molar-refractivity contribution >= 4 is 31.9 Å². The van der Waals surface area contributed by atoms with Crippen molar-refractivity contribution in [2.24, 2.45) is 0 Å². The fraction of sp³-hybridized carbons (Fsp3) is 0.154. The topological polar surface area (TPSA) is 51.6 Å². The number of pyridine rings is 1. The molecule has 1 heterocycles. The van der Waals surface area contributed by atoms with Gasteiger partial charge in [-0.15, -0.1) is 0 Å². The van der Waals surface area contributed by atoms with Gasteiger partial charge in [-0.3, -0.25) is 0 Å². The Hall–Kier alpha value is -1.11. The van der Waals surface area contributed by atoms with Gasteiger partial charge in [-0.2, -0.15) is 0 Å². The average Bonchev–Trinajstić information content (AvgIpc) is 2.43. The monoisotopic (exact) mass is 387 g/mol. The van der Waals surface area contributed by atoms with Gasteiger partial charge in [-0.25, -0.2) is 4.98 Å². The Kier molecular flexibility index (Phi) is 4.79. The summed E-state index contributed by atoms with van der Waals surface area (Å²) < 4.78 is 12.4. The average molecular weight is 389 g/mol. The van der Waals surface area contributed by atoms with Crippen LogP contribution in [0.3, 0.4) is 0 Å². The fourth-order valence-corrected chi connectivity index (χ4v) is 2.31. The summed E-state index contributed by atoms with van der Waals surface area (Å²) in [5.41, 5.74) is 0.738. The van der Waals surface area contributed by atoms with E-state index < -0.39 is 0 Å². The number of aliphatic hydroxyl groups excluding tert-OH is 1. The second kappa shape index (κ2) is 6.36. The van der Waals surface area contributed by atoms with Crippen LogP contribution in [0.2, 0.25) is 0 Å². The SMILES string of the molecule is COc1cc(Br)c(Oc2ccc(CO)cn2)cc1Br. The van der Waals surface area contributed by atoms with Crippen molar-refractivity contribution in [3.05, 3.63) is 45.0 Å². The molecule has 2 aromatic rings. The number of aromatic nitrogens is 1. The Morgan fingerprint density at radius 3 is 2.42 bits per heavy atom. The molecule has 0 atom stereocenters. The van der Waals surface area contributed by atoms with Crippen LogP contribution in [0.4, 0.5) is 0 Å². The van der Waals surface area contributed by atoms with Crippen LogP contribution in [0.1, 0.15) is 5.56 Å². The van der Waals surface area contributed by atoms with Crippen LogP contribution in [0.5, 0.6) is 17.4 Å². The van der Waals surface area contributed by atoms with E-state index in [1.54, 1.807) is 31.5 Å². The molecule has 4 nitrogen and oxygen atoms in total. The molecular formula is C13H11Br2NO3. The minimum absolute atomic E-state index is 0.0366. The molecule has 19 heavy (non-hydrogen) atoms. The van der Waals surface area contributed by atoms with Gasteiger partial charge in [0.25, 0.3) is 0 Å². The molecule has 1 aromatic heterocycles. The Bertz CT molecular complexity index is 573. The van der Waals surface area contributed by atoms with Crippen molar-refractivity contribution in [3.63, 3.8) is 0 Å². The lowest BCUT2D eigenvalue weighted by atomic mass is 10.3. The van der Waals surface area contributed by atoms with Crippen LogP contribution >= 0.6 is 31.9 Å². The zero-order valence-electron chi connectivity index (χ0n) is 10.1. The van der Waals surface area contributed by atoms with Gasteiger partial charge in [0, 0.05) is 12.3 Å². The largest absolute Gasteiger partial charge is 0.496 e. The van der Waals surface area contributed by atoms with E-state index in [4.69, 9.17) is 14.6 Å². The van der Waals surface area contributed by atoms with E-state index in [1.807, 2.05) is 6.07 Å². The van der Waals surface area contributed by atoms with Gasteiger partial charge >= 0.3 is 0 Å². The number of benzene rings is 1. The Balaban J connectivity index is 2.25. The highest BCUT2D eigenvalue weighted by Gasteiger charge is 2.09. The predicted octanol–water partition coefficient (Wildman–Crippen LogP) is 3.90. The molecule has 0 aliphatic rings. The van der Waals surface area contributed by atoms with Crippen LogP contribution in [-0.2, 0) is 6.61 Å². The van der Waals surface area contributed by atoms with Gasteiger partial charge in [0.1, 0.15) is 11.5 Å². The molecule has 0 radical (unpaired) electrons. The first-order valence-corrected chi connectivity index (χ1v) is 6.99. The summed E-state index contributed by atoms with van der Waals surface area (Å²) in [6.07, 6.45) is 1.57. The van der Waals surface area contributed by atoms with Crippen molar-refractivity contribution in [2.45, 2.75) is 6.61 Å². The Labute approximate surface area is 127 Å². The van der Waals surface area contributed by atoms with Crippen molar-refractivity contribution in [1.29, 1.82) is 0 Å². The summed E-state index contributed by atoms with van der Waals surface area (Å²) in [7, 11) is 1.60. The quantitative estimate of drug-likeness (QED) is 0.862. The first kappa shape index (κ1) is 14.3. The smallest absolute Gasteiger partial charge is 0.219 e. The maximum absolute atomic E-state index is 8.95. The van der Waals surface area contributed by atoms with E-state index >= 15 is 0 Å². The fourth-order valence-electron chi connectivity index (χ4n) is 1.42. The lowest BCUT2D eigenvalue weighted by Gasteiger charge is -2.10. The molecule has 0 saturated carbocycles. The van der Waals surface area contributed by atoms with Gasteiger partial charge in [-0.1, -0.05) is 0 Å². The van der Waals surface area contributed by atoms with Gasteiger partial charge in [-0.05, 0) is 55.6 Å². The Morgan fingerprint density at radius 1 is 1.16 bits per heavy atom. The van der Waals surface area contributed by atoms with E-state index in [9.17, 15) is 0 Å². The summed E-state index contributed by atoms with van der Waals surface area (Å²) in [4.78, 5) is 4.11. The molecule has 0 amide bonds. The normalized spacial score (nSPS) is 10.3. The number of halogens is 2. The Morgan fingerprint density at radius 2 is 1.84 bits per heavy atom. The van der Waals surface area contributed by atoms with Gasteiger partial charge < -0.3 is 14.6 Å². The molecule has 2 rings (SSSR count). The number of hydrogen-bond donors (Lipinski definition) is 1. The van der Waals surface area contributed by atoms with Crippen LogP contribution in [0.15, 0.2) is 39.4 Å². The lowest BCUT2D eigenvalue weighted by molar-refractivity contribution is 0.281. The second-order valence-electron chi connectivity index (χ2n) is 3.68. The van der Waals surface area contributed by atoms with E-state index in [0.29, 0.717) is 17.4 Å². The summed E-state index contributed by atoms with van der Waals surface area (Å²) in [5, 5.41) is 8.95. The van der Waals surface area contributed by atoms with Crippen molar-refractivity contribution in [1.82, 2.24) is 4.98 Å². The van der Waals surface area contributed by atoms with Crippen LogP contribution < -0.4 is 9.47 Å². The third-order valence-electron chi connectivity index (χ3n) is 2.40.